The fraction of sp³-hybridized carbons (Fsp3) is 0.280. The van der Waals surface area contributed by atoms with Crippen LogP contribution in [0.25, 0.3) is 0 Å². The van der Waals surface area contributed by atoms with Crippen LogP contribution in [-0.4, -0.2) is 19.7 Å². The third kappa shape index (κ3) is 4.70. The molecule has 166 valence electrons. The van der Waals surface area contributed by atoms with Crippen LogP contribution in [0.3, 0.4) is 0 Å². The van der Waals surface area contributed by atoms with Crippen molar-refractivity contribution in [2.24, 2.45) is 5.73 Å². The van der Waals surface area contributed by atoms with E-state index >= 15 is 0 Å². The van der Waals surface area contributed by atoms with Crippen molar-refractivity contribution in [3.63, 3.8) is 0 Å². The second-order valence-electron chi connectivity index (χ2n) is 7.30. The summed E-state index contributed by atoms with van der Waals surface area (Å²) in [6.07, 6.45) is 0. The lowest BCUT2D eigenvalue weighted by Crippen LogP contribution is -2.25. The smallest absolute Gasteiger partial charge is 0.338 e. The van der Waals surface area contributed by atoms with E-state index in [4.69, 9.17) is 24.7 Å². The minimum absolute atomic E-state index is 0.0401. The third-order valence-corrected chi connectivity index (χ3v) is 5.14. The van der Waals surface area contributed by atoms with Gasteiger partial charge in [0.15, 0.2) is 11.5 Å². The Morgan fingerprint density at radius 1 is 1.16 bits per heavy atom. The Labute approximate surface area is 187 Å². The first-order valence-electron chi connectivity index (χ1n) is 10.2. The molecule has 1 heterocycles. The van der Waals surface area contributed by atoms with E-state index in [1.54, 1.807) is 32.0 Å². The number of carbonyl (C=O) groups is 1. The predicted molar refractivity (Wildman–Crippen MR) is 118 cm³/mol. The van der Waals surface area contributed by atoms with Gasteiger partial charge in [-0.05, 0) is 44.0 Å². The standard InChI is InChI=1S/C25H26N2O5/c1-5-30-25(28)22-16(3)32-24(27)19(13-26)23(22)18-10-11-20(21(12-18)29-4)31-14-17-8-6-15(2)7-9-17/h6-12,23H,5,14,27H2,1-4H3/t23-/m1/s1. The summed E-state index contributed by atoms with van der Waals surface area (Å²) in [7, 11) is 1.53. The molecule has 0 unspecified atom stereocenters. The van der Waals surface area contributed by atoms with E-state index < -0.39 is 11.9 Å². The third-order valence-electron chi connectivity index (χ3n) is 5.14. The van der Waals surface area contributed by atoms with Gasteiger partial charge < -0.3 is 24.7 Å². The number of nitrogens with zero attached hydrogens (tertiary/aromatic N) is 1. The Bertz CT molecular complexity index is 1110. The second-order valence-corrected chi connectivity index (χ2v) is 7.30. The van der Waals surface area contributed by atoms with Gasteiger partial charge in [-0.15, -0.1) is 0 Å². The van der Waals surface area contributed by atoms with Crippen molar-refractivity contribution >= 4 is 5.97 Å². The summed E-state index contributed by atoms with van der Waals surface area (Å²) in [6.45, 7) is 5.93. The number of hydrogen-bond acceptors (Lipinski definition) is 7. The predicted octanol–water partition coefficient (Wildman–Crippen LogP) is 4.23. The summed E-state index contributed by atoms with van der Waals surface area (Å²) >= 11 is 0. The molecule has 32 heavy (non-hydrogen) atoms. The van der Waals surface area contributed by atoms with Gasteiger partial charge in [-0.3, -0.25) is 0 Å². The summed E-state index contributed by atoms with van der Waals surface area (Å²) in [5, 5.41) is 9.72. The largest absolute Gasteiger partial charge is 0.493 e. The molecule has 2 aromatic rings. The Morgan fingerprint density at radius 3 is 2.50 bits per heavy atom. The lowest BCUT2D eigenvalue weighted by atomic mass is 9.83. The van der Waals surface area contributed by atoms with Crippen molar-refractivity contribution in [1.82, 2.24) is 0 Å². The molecule has 1 aliphatic rings. The van der Waals surface area contributed by atoms with E-state index in [1.807, 2.05) is 31.2 Å². The Hall–Kier alpha value is -3.92. The summed E-state index contributed by atoms with van der Waals surface area (Å²) in [5.74, 6) is -0.0392. The Morgan fingerprint density at radius 2 is 1.88 bits per heavy atom. The normalized spacial score (nSPS) is 15.7. The monoisotopic (exact) mass is 434 g/mol. The maximum absolute atomic E-state index is 12.7. The Balaban J connectivity index is 1.97. The quantitative estimate of drug-likeness (QED) is 0.651. The molecule has 7 heteroatoms. The van der Waals surface area contributed by atoms with Crippen LogP contribution in [0.5, 0.6) is 11.5 Å². The molecule has 1 atom stereocenters. The molecular formula is C25H26N2O5. The highest BCUT2D eigenvalue weighted by molar-refractivity contribution is 5.92. The molecule has 0 bridgehead atoms. The molecule has 0 aliphatic carbocycles. The highest BCUT2D eigenvalue weighted by Crippen LogP contribution is 2.42. The van der Waals surface area contributed by atoms with Crippen molar-refractivity contribution in [3.8, 4) is 17.6 Å². The average molecular weight is 434 g/mol. The number of rotatable bonds is 7. The number of benzene rings is 2. The van der Waals surface area contributed by atoms with Crippen molar-refractivity contribution in [2.45, 2.75) is 33.3 Å². The van der Waals surface area contributed by atoms with Crippen LogP contribution in [0.1, 0.15) is 36.5 Å². The van der Waals surface area contributed by atoms with Crippen LogP contribution >= 0.6 is 0 Å². The molecule has 2 N–H and O–H groups in total. The topological polar surface area (TPSA) is 104 Å². The number of nitriles is 1. The summed E-state index contributed by atoms with van der Waals surface area (Å²) in [5.41, 5.74) is 9.16. The van der Waals surface area contributed by atoms with E-state index in [9.17, 15) is 10.1 Å². The van der Waals surface area contributed by atoms with Gasteiger partial charge in [0.2, 0.25) is 5.88 Å². The van der Waals surface area contributed by atoms with Gasteiger partial charge in [0.25, 0.3) is 0 Å². The minimum atomic E-state index is -0.743. The number of nitrogens with two attached hydrogens (primary N) is 1. The number of ether oxygens (including phenoxy) is 4. The van der Waals surface area contributed by atoms with Crippen molar-refractivity contribution in [3.05, 3.63) is 81.9 Å². The van der Waals surface area contributed by atoms with E-state index in [0.29, 0.717) is 29.4 Å². The van der Waals surface area contributed by atoms with Crippen molar-refractivity contribution < 1.29 is 23.7 Å². The van der Waals surface area contributed by atoms with Gasteiger partial charge in [0.1, 0.15) is 24.0 Å². The number of esters is 1. The molecule has 7 nitrogen and oxygen atoms in total. The van der Waals surface area contributed by atoms with Crippen molar-refractivity contribution in [1.29, 1.82) is 5.26 Å². The number of aryl methyl sites for hydroxylation is 1. The SMILES string of the molecule is CCOC(=O)C1=C(C)OC(N)=C(C#N)[C@H]1c1ccc(OCc2ccc(C)cc2)c(OC)c1. The first-order chi connectivity index (χ1) is 15.4. The molecule has 0 radical (unpaired) electrons. The fourth-order valence-electron chi connectivity index (χ4n) is 3.52. The molecular weight excluding hydrogens is 408 g/mol. The number of allylic oxidation sites excluding steroid dienone is 2. The van der Waals surface area contributed by atoms with E-state index in [1.165, 1.54) is 12.7 Å². The zero-order valence-electron chi connectivity index (χ0n) is 18.6. The molecule has 2 aromatic carbocycles. The maximum atomic E-state index is 12.7. The highest BCUT2D eigenvalue weighted by atomic mass is 16.5. The number of methoxy groups -OCH3 is 1. The molecule has 0 aromatic heterocycles. The molecule has 0 saturated heterocycles. The van der Waals surface area contributed by atoms with Gasteiger partial charge in [-0.2, -0.15) is 5.26 Å². The molecule has 3 rings (SSSR count). The van der Waals surface area contributed by atoms with Gasteiger partial charge >= 0.3 is 5.97 Å². The molecule has 0 amide bonds. The Kier molecular flexibility index (Phi) is 7.06. The van der Waals surface area contributed by atoms with E-state index in [0.717, 1.165) is 5.56 Å². The lowest BCUT2D eigenvalue weighted by Gasteiger charge is -2.27. The van der Waals surface area contributed by atoms with E-state index in [-0.39, 0.29) is 23.6 Å². The van der Waals surface area contributed by atoms with Crippen LogP contribution in [0, 0.1) is 18.3 Å². The van der Waals surface area contributed by atoms with Crippen LogP contribution < -0.4 is 15.2 Å². The van der Waals surface area contributed by atoms with E-state index in [2.05, 4.69) is 6.07 Å². The van der Waals surface area contributed by atoms with Crippen LogP contribution in [0.2, 0.25) is 0 Å². The second kappa shape index (κ2) is 9.92. The van der Waals surface area contributed by atoms with Gasteiger partial charge in [0, 0.05) is 0 Å². The fourth-order valence-corrected chi connectivity index (χ4v) is 3.52. The first-order valence-corrected chi connectivity index (χ1v) is 10.2. The summed E-state index contributed by atoms with van der Waals surface area (Å²) in [6, 6.07) is 15.4. The van der Waals surface area contributed by atoms with Gasteiger partial charge in [-0.1, -0.05) is 35.9 Å². The summed E-state index contributed by atoms with van der Waals surface area (Å²) < 4.78 is 22.1. The van der Waals surface area contributed by atoms with Crippen LogP contribution in [0.15, 0.2) is 65.3 Å². The molecule has 1 aliphatic heterocycles. The molecule has 0 fully saturated rings. The van der Waals surface area contributed by atoms with Gasteiger partial charge in [0.05, 0.1) is 25.2 Å². The zero-order valence-corrected chi connectivity index (χ0v) is 18.6. The molecule has 0 spiro atoms. The summed E-state index contributed by atoms with van der Waals surface area (Å²) in [4.78, 5) is 12.7. The minimum Gasteiger partial charge on any atom is -0.493 e. The van der Waals surface area contributed by atoms with Crippen molar-refractivity contribution in [2.75, 3.05) is 13.7 Å². The number of hydrogen-bond donors (Lipinski definition) is 1. The van der Waals surface area contributed by atoms with Crippen LogP contribution in [-0.2, 0) is 20.9 Å². The van der Waals surface area contributed by atoms with Gasteiger partial charge in [-0.25, -0.2) is 4.79 Å². The highest BCUT2D eigenvalue weighted by Gasteiger charge is 2.36. The maximum Gasteiger partial charge on any atom is 0.338 e. The lowest BCUT2D eigenvalue weighted by molar-refractivity contribution is -0.139. The van der Waals surface area contributed by atoms with Crippen LogP contribution in [0.4, 0.5) is 0 Å². The zero-order chi connectivity index (χ0) is 23.3. The number of carbonyl (C=O) groups excluding carboxylic acids is 1. The average Bonchev–Trinajstić information content (AvgIpc) is 2.78. The molecule has 0 saturated carbocycles. The first kappa shape index (κ1) is 22.8.